The Morgan fingerprint density at radius 2 is 2.24 bits per heavy atom. The Bertz CT molecular complexity index is 564. The Kier molecular flexibility index (Phi) is 3.33. The molecule has 1 heterocycles. The highest BCUT2D eigenvalue weighted by Crippen LogP contribution is 2.18. The number of benzene rings is 1. The van der Waals surface area contributed by atoms with Crippen LogP contribution in [0.15, 0.2) is 22.7 Å². The number of ketones is 1. The van der Waals surface area contributed by atoms with E-state index in [1.54, 1.807) is 13.1 Å². The number of Topliss-reactive ketones (excluding diaryl/α,β-unsaturated/α-hetero) is 1. The van der Waals surface area contributed by atoms with Crippen molar-refractivity contribution in [1.82, 2.24) is 20.2 Å². The number of nitrogens with zero attached hydrogens (tertiary/aromatic N) is 4. The molecule has 5 nitrogen and oxygen atoms in total. The molecule has 0 atom stereocenters. The maximum Gasteiger partial charge on any atom is 0.182 e. The molecular formula is C11H11BrN4O. The maximum absolute atomic E-state index is 11.9. The average molecular weight is 295 g/mol. The van der Waals surface area contributed by atoms with Crippen molar-refractivity contribution < 1.29 is 4.79 Å². The van der Waals surface area contributed by atoms with Gasteiger partial charge >= 0.3 is 0 Å². The number of hydrogen-bond donors (Lipinski definition) is 0. The third-order valence-electron chi connectivity index (χ3n) is 2.36. The molecule has 0 bridgehead atoms. The molecule has 2 aromatic rings. The Labute approximate surface area is 107 Å². The smallest absolute Gasteiger partial charge is 0.182 e. The van der Waals surface area contributed by atoms with Gasteiger partial charge in [-0.1, -0.05) is 28.1 Å². The van der Waals surface area contributed by atoms with E-state index in [1.165, 1.54) is 4.80 Å². The zero-order chi connectivity index (χ0) is 12.4. The van der Waals surface area contributed by atoms with Crippen LogP contribution < -0.4 is 0 Å². The van der Waals surface area contributed by atoms with Gasteiger partial charge in [-0.25, -0.2) is 0 Å². The minimum Gasteiger partial charge on any atom is -0.294 e. The van der Waals surface area contributed by atoms with Crippen molar-refractivity contribution in [1.29, 1.82) is 0 Å². The fourth-order valence-electron chi connectivity index (χ4n) is 1.41. The van der Waals surface area contributed by atoms with Crippen molar-refractivity contribution in [2.45, 2.75) is 13.3 Å². The standard InChI is InChI=1S/C11H11BrN4O/c1-7-3-4-8(5-9(7)12)10(17)6-11-13-15-16(2)14-11/h3-5H,6H2,1-2H3. The van der Waals surface area contributed by atoms with Crippen molar-refractivity contribution in [3.8, 4) is 0 Å². The van der Waals surface area contributed by atoms with E-state index in [-0.39, 0.29) is 12.2 Å². The van der Waals surface area contributed by atoms with Crippen molar-refractivity contribution in [2.75, 3.05) is 0 Å². The van der Waals surface area contributed by atoms with E-state index >= 15 is 0 Å². The molecule has 0 N–H and O–H groups in total. The van der Waals surface area contributed by atoms with Crippen LogP contribution in [0.4, 0.5) is 0 Å². The summed E-state index contributed by atoms with van der Waals surface area (Å²) < 4.78 is 0.926. The summed E-state index contributed by atoms with van der Waals surface area (Å²) in [6, 6.07) is 5.52. The molecule has 0 saturated carbocycles. The van der Waals surface area contributed by atoms with E-state index in [1.807, 2.05) is 19.1 Å². The molecule has 6 heteroatoms. The van der Waals surface area contributed by atoms with E-state index in [2.05, 4.69) is 31.3 Å². The zero-order valence-electron chi connectivity index (χ0n) is 9.51. The number of carbonyl (C=O) groups is 1. The van der Waals surface area contributed by atoms with Crippen LogP contribution in [0.25, 0.3) is 0 Å². The average Bonchev–Trinajstić information content (AvgIpc) is 2.68. The highest BCUT2D eigenvalue weighted by atomic mass is 79.9. The van der Waals surface area contributed by atoms with Crippen LogP contribution in [0, 0.1) is 6.92 Å². The van der Waals surface area contributed by atoms with Crippen LogP contribution in [0.2, 0.25) is 0 Å². The number of aryl methyl sites for hydroxylation is 2. The van der Waals surface area contributed by atoms with Crippen molar-refractivity contribution in [3.05, 3.63) is 39.6 Å². The van der Waals surface area contributed by atoms with E-state index in [0.29, 0.717) is 11.4 Å². The third-order valence-corrected chi connectivity index (χ3v) is 3.22. The Hall–Kier alpha value is -1.56. The molecular weight excluding hydrogens is 284 g/mol. The summed E-state index contributed by atoms with van der Waals surface area (Å²) in [6.07, 6.45) is 0.170. The Balaban J connectivity index is 2.17. The largest absolute Gasteiger partial charge is 0.294 e. The SMILES string of the molecule is Cc1ccc(C(=O)Cc2nnn(C)n2)cc1Br. The lowest BCUT2D eigenvalue weighted by Gasteiger charge is -2.01. The molecule has 0 aliphatic heterocycles. The molecule has 0 aliphatic rings. The lowest BCUT2D eigenvalue weighted by atomic mass is 10.1. The fourth-order valence-corrected chi connectivity index (χ4v) is 1.78. The summed E-state index contributed by atoms with van der Waals surface area (Å²) in [4.78, 5) is 13.3. The second-order valence-corrected chi connectivity index (χ2v) is 4.61. The van der Waals surface area contributed by atoms with Gasteiger partial charge in [-0.2, -0.15) is 4.80 Å². The lowest BCUT2D eigenvalue weighted by Crippen LogP contribution is -2.05. The van der Waals surface area contributed by atoms with Crippen LogP contribution in [-0.4, -0.2) is 26.0 Å². The molecule has 0 radical (unpaired) electrons. The number of halogens is 1. The van der Waals surface area contributed by atoms with Gasteiger partial charge in [0, 0.05) is 10.0 Å². The minimum absolute atomic E-state index is 0.0151. The van der Waals surface area contributed by atoms with Crippen molar-refractivity contribution in [2.24, 2.45) is 7.05 Å². The summed E-state index contributed by atoms with van der Waals surface area (Å²) in [5.41, 5.74) is 1.74. The first-order chi connectivity index (χ1) is 8.06. The van der Waals surface area contributed by atoms with Gasteiger partial charge in [-0.3, -0.25) is 4.79 Å². The van der Waals surface area contributed by atoms with Gasteiger partial charge in [0.15, 0.2) is 11.6 Å². The van der Waals surface area contributed by atoms with E-state index in [0.717, 1.165) is 10.0 Å². The third kappa shape index (κ3) is 2.76. The molecule has 0 amide bonds. The van der Waals surface area contributed by atoms with Crippen LogP contribution in [0.3, 0.4) is 0 Å². The van der Waals surface area contributed by atoms with Gasteiger partial charge in [0.25, 0.3) is 0 Å². The highest BCUT2D eigenvalue weighted by molar-refractivity contribution is 9.10. The molecule has 17 heavy (non-hydrogen) atoms. The van der Waals surface area contributed by atoms with Crippen molar-refractivity contribution >= 4 is 21.7 Å². The van der Waals surface area contributed by atoms with Gasteiger partial charge in [0.05, 0.1) is 13.5 Å². The van der Waals surface area contributed by atoms with Crippen LogP contribution in [0.5, 0.6) is 0 Å². The molecule has 0 spiro atoms. The number of hydrogen-bond acceptors (Lipinski definition) is 4. The maximum atomic E-state index is 11.9. The van der Waals surface area contributed by atoms with Crippen molar-refractivity contribution in [3.63, 3.8) is 0 Å². The lowest BCUT2D eigenvalue weighted by molar-refractivity contribution is 0.0990. The van der Waals surface area contributed by atoms with Gasteiger partial charge < -0.3 is 0 Å². The van der Waals surface area contributed by atoms with E-state index < -0.39 is 0 Å². The topological polar surface area (TPSA) is 60.7 Å². The fraction of sp³-hybridized carbons (Fsp3) is 0.273. The summed E-state index contributed by atoms with van der Waals surface area (Å²) in [5.74, 6) is 0.424. The van der Waals surface area contributed by atoms with Gasteiger partial charge in [-0.15, -0.1) is 10.2 Å². The molecule has 1 aromatic carbocycles. The van der Waals surface area contributed by atoms with Crippen LogP contribution in [0.1, 0.15) is 21.7 Å². The molecule has 0 saturated heterocycles. The predicted octanol–water partition coefficient (Wildman–Crippen LogP) is 1.71. The molecule has 0 fully saturated rings. The Morgan fingerprint density at radius 3 is 2.82 bits per heavy atom. The van der Waals surface area contributed by atoms with Crippen LogP contribution >= 0.6 is 15.9 Å². The second kappa shape index (κ2) is 4.75. The van der Waals surface area contributed by atoms with Gasteiger partial charge in [-0.05, 0) is 23.8 Å². The molecule has 88 valence electrons. The second-order valence-electron chi connectivity index (χ2n) is 3.76. The summed E-state index contributed by atoms with van der Waals surface area (Å²) in [6.45, 7) is 1.97. The predicted molar refractivity (Wildman–Crippen MR) is 65.7 cm³/mol. The quantitative estimate of drug-likeness (QED) is 0.809. The molecule has 0 unspecified atom stereocenters. The summed E-state index contributed by atoms with van der Waals surface area (Å²) >= 11 is 3.40. The number of tetrazole rings is 1. The zero-order valence-corrected chi connectivity index (χ0v) is 11.1. The van der Waals surface area contributed by atoms with E-state index in [4.69, 9.17) is 0 Å². The van der Waals surface area contributed by atoms with E-state index in [9.17, 15) is 4.79 Å². The molecule has 2 rings (SSSR count). The first-order valence-corrected chi connectivity index (χ1v) is 5.88. The van der Waals surface area contributed by atoms with Gasteiger partial charge in [0.2, 0.25) is 0 Å². The van der Waals surface area contributed by atoms with Crippen LogP contribution in [-0.2, 0) is 13.5 Å². The summed E-state index contributed by atoms with van der Waals surface area (Å²) in [5, 5.41) is 11.5. The normalized spacial score (nSPS) is 10.5. The first kappa shape index (κ1) is 11.9. The minimum atomic E-state index is -0.0151. The monoisotopic (exact) mass is 294 g/mol. The first-order valence-electron chi connectivity index (χ1n) is 5.08. The summed E-state index contributed by atoms with van der Waals surface area (Å²) in [7, 11) is 1.67. The number of rotatable bonds is 3. The van der Waals surface area contributed by atoms with Gasteiger partial charge in [0.1, 0.15) is 0 Å². The molecule has 1 aromatic heterocycles. The Morgan fingerprint density at radius 1 is 1.47 bits per heavy atom. The number of aromatic nitrogens is 4. The highest BCUT2D eigenvalue weighted by Gasteiger charge is 2.11. The molecule has 0 aliphatic carbocycles. The number of carbonyl (C=O) groups excluding carboxylic acids is 1.